The van der Waals surface area contributed by atoms with Crippen molar-refractivity contribution in [3.63, 3.8) is 0 Å². The maximum Gasteiger partial charge on any atom is 0.115 e. The van der Waals surface area contributed by atoms with Crippen molar-refractivity contribution < 1.29 is 5.11 Å². The lowest BCUT2D eigenvalue weighted by Gasteiger charge is -2.04. The Morgan fingerprint density at radius 1 is 1.00 bits per heavy atom. The summed E-state index contributed by atoms with van der Waals surface area (Å²) in [6.45, 7) is 0. The zero-order valence-electron chi connectivity index (χ0n) is 7.57. The second-order valence-corrected chi connectivity index (χ2v) is 2.95. The molecule has 0 aliphatic carbocycles. The van der Waals surface area contributed by atoms with E-state index in [2.05, 4.69) is 11.4 Å². The van der Waals surface area contributed by atoms with E-state index in [9.17, 15) is 0 Å². The molecule has 2 aromatic carbocycles. The van der Waals surface area contributed by atoms with Crippen LogP contribution in [0.15, 0.2) is 48.5 Å². The Kier molecular flexibility index (Phi) is 2.36. The van der Waals surface area contributed by atoms with Crippen LogP contribution in [0.5, 0.6) is 5.75 Å². The molecule has 0 heterocycles. The van der Waals surface area contributed by atoms with E-state index in [-0.39, 0.29) is 5.75 Å². The lowest BCUT2D eigenvalue weighted by atomic mass is 10.2. The number of nitrogens with one attached hydrogen (secondary N) is 1. The largest absolute Gasteiger partial charge is 0.508 e. The Balaban J connectivity index is 2.16. The molecule has 14 heavy (non-hydrogen) atoms. The second kappa shape index (κ2) is 3.83. The molecular weight excluding hydrogens is 174 g/mol. The van der Waals surface area contributed by atoms with Crippen LogP contribution >= 0.6 is 0 Å². The van der Waals surface area contributed by atoms with Crippen LogP contribution in [0.25, 0.3) is 0 Å². The molecule has 0 saturated carbocycles. The van der Waals surface area contributed by atoms with Gasteiger partial charge in [0.2, 0.25) is 0 Å². The standard InChI is InChI=1S/C12H10NO/c14-12-8-6-11(7-9-12)13-10-4-2-1-3-5-10/h1-4,6-9,13-14H. The van der Waals surface area contributed by atoms with Crippen molar-refractivity contribution in [2.24, 2.45) is 0 Å². The van der Waals surface area contributed by atoms with E-state index in [0.29, 0.717) is 0 Å². The molecular formula is C12H10NO. The van der Waals surface area contributed by atoms with Crippen LogP contribution < -0.4 is 5.32 Å². The Bertz CT molecular complexity index is 394. The summed E-state index contributed by atoms with van der Waals surface area (Å²) in [5, 5.41) is 12.3. The fourth-order valence-corrected chi connectivity index (χ4v) is 1.17. The first-order valence-electron chi connectivity index (χ1n) is 4.37. The first kappa shape index (κ1) is 8.63. The average Bonchev–Trinajstić information content (AvgIpc) is 2.23. The topological polar surface area (TPSA) is 32.3 Å². The summed E-state index contributed by atoms with van der Waals surface area (Å²) in [6.07, 6.45) is 0. The minimum absolute atomic E-state index is 0.271. The van der Waals surface area contributed by atoms with Gasteiger partial charge in [-0.1, -0.05) is 18.2 Å². The molecule has 0 atom stereocenters. The third-order valence-electron chi connectivity index (χ3n) is 1.86. The molecule has 0 amide bonds. The highest BCUT2D eigenvalue weighted by molar-refractivity contribution is 5.59. The zero-order chi connectivity index (χ0) is 9.80. The Labute approximate surface area is 82.8 Å². The van der Waals surface area contributed by atoms with Crippen LogP contribution in [0.1, 0.15) is 0 Å². The van der Waals surface area contributed by atoms with Gasteiger partial charge in [0.15, 0.2) is 0 Å². The fraction of sp³-hybridized carbons (Fsp3) is 0. The predicted molar refractivity (Wildman–Crippen MR) is 56.7 cm³/mol. The lowest BCUT2D eigenvalue weighted by Crippen LogP contribution is -1.88. The van der Waals surface area contributed by atoms with E-state index in [1.165, 1.54) is 0 Å². The van der Waals surface area contributed by atoms with Gasteiger partial charge in [-0.05, 0) is 30.3 Å². The van der Waals surface area contributed by atoms with Crippen LogP contribution in [0.2, 0.25) is 0 Å². The molecule has 1 radical (unpaired) electrons. The predicted octanol–water partition coefficient (Wildman–Crippen LogP) is 2.94. The highest BCUT2D eigenvalue weighted by Gasteiger charge is 1.93. The summed E-state index contributed by atoms with van der Waals surface area (Å²) in [5.41, 5.74) is 1.85. The normalized spacial score (nSPS) is 9.71. The van der Waals surface area contributed by atoms with E-state index in [0.717, 1.165) is 11.4 Å². The van der Waals surface area contributed by atoms with Gasteiger partial charge in [0.1, 0.15) is 5.75 Å². The van der Waals surface area contributed by atoms with Gasteiger partial charge >= 0.3 is 0 Å². The number of hydrogen-bond acceptors (Lipinski definition) is 2. The SMILES string of the molecule is Oc1ccc(Nc2[c]cccc2)cc1. The molecule has 0 aliphatic rings. The monoisotopic (exact) mass is 184 g/mol. The van der Waals surface area contributed by atoms with Crippen molar-refractivity contribution in [2.75, 3.05) is 5.32 Å². The molecule has 2 N–H and O–H groups in total. The molecule has 2 heteroatoms. The first-order valence-corrected chi connectivity index (χ1v) is 4.37. The Morgan fingerprint density at radius 2 is 1.79 bits per heavy atom. The van der Waals surface area contributed by atoms with Gasteiger partial charge in [-0.15, -0.1) is 0 Å². The van der Waals surface area contributed by atoms with Gasteiger partial charge in [-0.2, -0.15) is 0 Å². The Morgan fingerprint density at radius 3 is 2.43 bits per heavy atom. The van der Waals surface area contributed by atoms with E-state index in [4.69, 9.17) is 5.11 Å². The smallest absolute Gasteiger partial charge is 0.115 e. The van der Waals surface area contributed by atoms with Crippen LogP contribution in [0.3, 0.4) is 0 Å². The summed E-state index contributed by atoms with van der Waals surface area (Å²) >= 11 is 0. The van der Waals surface area contributed by atoms with Crippen molar-refractivity contribution in [1.82, 2.24) is 0 Å². The minimum Gasteiger partial charge on any atom is -0.508 e. The van der Waals surface area contributed by atoms with E-state index < -0.39 is 0 Å². The average molecular weight is 184 g/mol. The highest BCUT2D eigenvalue weighted by Crippen LogP contribution is 2.18. The van der Waals surface area contributed by atoms with Crippen LogP contribution in [-0.4, -0.2) is 5.11 Å². The summed E-state index contributed by atoms with van der Waals surface area (Å²) < 4.78 is 0. The van der Waals surface area contributed by atoms with Gasteiger partial charge in [-0.3, -0.25) is 0 Å². The maximum atomic E-state index is 9.09. The van der Waals surface area contributed by atoms with Gasteiger partial charge in [0.25, 0.3) is 0 Å². The van der Waals surface area contributed by atoms with Crippen molar-refractivity contribution in [2.45, 2.75) is 0 Å². The van der Waals surface area contributed by atoms with Crippen molar-refractivity contribution in [1.29, 1.82) is 0 Å². The van der Waals surface area contributed by atoms with Gasteiger partial charge in [0.05, 0.1) is 0 Å². The summed E-state index contributed by atoms with van der Waals surface area (Å²) in [7, 11) is 0. The van der Waals surface area contributed by atoms with Gasteiger partial charge < -0.3 is 10.4 Å². The molecule has 0 fully saturated rings. The van der Waals surface area contributed by atoms with Gasteiger partial charge in [-0.25, -0.2) is 0 Å². The number of phenols is 1. The minimum atomic E-state index is 0.271. The number of rotatable bonds is 2. The third kappa shape index (κ3) is 2.04. The molecule has 0 aromatic heterocycles. The first-order chi connectivity index (χ1) is 6.84. The van der Waals surface area contributed by atoms with Crippen molar-refractivity contribution in [3.8, 4) is 5.75 Å². The van der Waals surface area contributed by atoms with Crippen molar-refractivity contribution >= 4 is 11.4 Å². The number of hydrogen-bond donors (Lipinski definition) is 2. The molecule has 0 spiro atoms. The van der Waals surface area contributed by atoms with Gasteiger partial charge in [0, 0.05) is 17.4 Å². The second-order valence-electron chi connectivity index (χ2n) is 2.95. The number of benzene rings is 2. The zero-order valence-corrected chi connectivity index (χ0v) is 7.57. The summed E-state index contributed by atoms with van der Waals surface area (Å²) in [6, 6.07) is 17.6. The molecule has 2 aromatic rings. The number of para-hydroxylation sites is 1. The van der Waals surface area contributed by atoms with Crippen LogP contribution in [0, 0.1) is 6.07 Å². The van der Waals surface area contributed by atoms with E-state index >= 15 is 0 Å². The molecule has 0 saturated heterocycles. The van der Waals surface area contributed by atoms with E-state index in [1.54, 1.807) is 12.1 Å². The van der Waals surface area contributed by atoms with Crippen LogP contribution in [0.4, 0.5) is 11.4 Å². The lowest BCUT2D eigenvalue weighted by molar-refractivity contribution is 0.475. The third-order valence-corrected chi connectivity index (χ3v) is 1.86. The Hall–Kier alpha value is -1.96. The molecule has 2 rings (SSSR count). The molecule has 0 unspecified atom stereocenters. The molecule has 0 bridgehead atoms. The molecule has 2 nitrogen and oxygen atoms in total. The number of aromatic hydroxyl groups is 1. The number of anilines is 2. The fourth-order valence-electron chi connectivity index (χ4n) is 1.17. The van der Waals surface area contributed by atoms with Crippen molar-refractivity contribution in [3.05, 3.63) is 54.6 Å². The molecule has 69 valence electrons. The highest BCUT2D eigenvalue weighted by atomic mass is 16.3. The summed E-state index contributed by atoms with van der Waals surface area (Å²) in [4.78, 5) is 0. The summed E-state index contributed by atoms with van der Waals surface area (Å²) in [5.74, 6) is 0.271. The number of phenolic OH excluding ortho intramolecular Hbond substituents is 1. The molecule has 0 aliphatic heterocycles. The van der Waals surface area contributed by atoms with E-state index in [1.807, 2.05) is 36.4 Å². The maximum absolute atomic E-state index is 9.09. The quantitative estimate of drug-likeness (QED) is 0.703. The van der Waals surface area contributed by atoms with Crippen LogP contribution in [-0.2, 0) is 0 Å².